The number of carbonyl (C=O) groups excluding carboxylic acids is 1. The molecule has 1 unspecified atom stereocenters. The Bertz CT molecular complexity index is 619. The molecule has 0 radical (unpaired) electrons. The number of benzene rings is 2. The Kier molecular flexibility index (Phi) is 4.55. The van der Waals surface area contributed by atoms with Gasteiger partial charge in [0.15, 0.2) is 5.54 Å². The second-order valence-electron chi connectivity index (χ2n) is 4.70. The van der Waals surface area contributed by atoms with Crippen LogP contribution in [0, 0.1) is 5.82 Å². The predicted octanol–water partition coefficient (Wildman–Crippen LogP) is 2.26. The summed E-state index contributed by atoms with van der Waals surface area (Å²) < 4.78 is 18.5. The first-order valence-corrected chi connectivity index (χ1v) is 6.46. The summed E-state index contributed by atoms with van der Waals surface area (Å²) in [4.78, 5) is 12.1. The van der Waals surface area contributed by atoms with Gasteiger partial charge >= 0.3 is 0 Å². The number of amides is 1. The normalized spacial score (nSPS) is 13.4. The average Bonchev–Trinajstić information content (AvgIpc) is 2.47. The first-order chi connectivity index (χ1) is 10.1. The monoisotopic (exact) mass is 288 g/mol. The highest BCUT2D eigenvalue weighted by Crippen LogP contribution is 2.27. The van der Waals surface area contributed by atoms with Crippen molar-refractivity contribution in [3.8, 4) is 0 Å². The van der Waals surface area contributed by atoms with Crippen LogP contribution < -0.4 is 11.1 Å². The Hall–Kier alpha value is -2.40. The molecule has 1 amide bonds. The molecule has 2 aromatic carbocycles. The predicted molar refractivity (Wildman–Crippen MR) is 79.2 cm³/mol. The van der Waals surface area contributed by atoms with Gasteiger partial charge in [0.25, 0.3) is 0 Å². The molecule has 0 saturated carbocycles. The molecule has 0 aliphatic rings. The SMILES string of the molecule is COCC(Nc1cccc(F)c1)(C(N)=O)c1ccccc1. The van der Waals surface area contributed by atoms with Crippen molar-refractivity contribution in [3.05, 3.63) is 66.0 Å². The number of carbonyl (C=O) groups is 1. The molecule has 3 N–H and O–H groups in total. The van der Waals surface area contributed by atoms with Crippen molar-refractivity contribution in [1.82, 2.24) is 0 Å². The zero-order valence-electron chi connectivity index (χ0n) is 11.7. The lowest BCUT2D eigenvalue weighted by atomic mass is 9.89. The van der Waals surface area contributed by atoms with Crippen LogP contribution in [-0.4, -0.2) is 19.6 Å². The highest BCUT2D eigenvalue weighted by atomic mass is 19.1. The van der Waals surface area contributed by atoms with E-state index in [1.165, 1.54) is 19.2 Å². The molecule has 0 bridgehead atoms. The van der Waals surface area contributed by atoms with Gasteiger partial charge in [0, 0.05) is 12.8 Å². The molecule has 5 heteroatoms. The van der Waals surface area contributed by atoms with Gasteiger partial charge in [-0.3, -0.25) is 4.79 Å². The Morgan fingerprint density at radius 2 is 1.95 bits per heavy atom. The number of hydrogen-bond acceptors (Lipinski definition) is 3. The van der Waals surface area contributed by atoms with Gasteiger partial charge in [-0.05, 0) is 23.8 Å². The van der Waals surface area contributed by atoms with Crippen LogP contribution in [0.4, 0.5) is 10.1 Å². The topological polar surface area (TPSA) is 64.3 Å². The maximum Gasteiger partial charge on any atom is 0.250 e. The summed E-state index contributed by atoms with van der Waals surface area (Å²) in [6, 6.07) is 14.8. The van der Waals surface area contributed by atoms with E-state index in [1.807, 2.05) is 6.07 Å². The summed E-state index contributed by atoms with van der Waals surface area (Å²) in [5.74, 6) is -0.997. The molecule has 0 heterocycles. The minimum atomic E-state index is -1.26. The third-order valence-electron chi connectivity index (χ3n) is 3.23. The van der Waals surface area contributed by atoms with Crippen LogP contribution in [0.3, 0.4) is 0 Å². The molecule has 0 spiro atoms. The smallest absolute Gasteiger partial charge is 0.250 e. The van der Waals surface area contributed by atoms with Crippen LogP contribution in [-0.2, 0) is 15.1 Å². The lowest BCUT2D eigenvalue weighted by Crippen LogP contribution is -2.51. The lowest BCUT2D eigenvalue weighted by Gasteiger charge is -2.32. The molecule has 0 fully saturated rings. The summed E-state index contributed by atoms with van der Waals surface area (Å²) in [5.41, 5.74) is 5.45. The number of anilines is 1. The Morgan fingerprint density at radius 1 is 1.24 bits per heavy atom. The fourth-order valence-electron chi connectivity index (χ4n) is 2.22. The maximum atomic E-state index is 13.3. The van der Waals surface area contributed by atoms with E-state index in [9.17, 15) is 9.18 Å². The highest BCUT2D eigenvalue weighted by molar-refractivity contribution is 5.89. The molecular weight excluding hydrogens is 271 g/mol. The molecule has 2 rings (SSSR count). The lowest BCUT2D eigenvalue weighted by molar-refractivity contribution is -0.124. The number of hydrogen-bond donors (Lipinski definition) is 2. The number of nitrogens with one attached hydrogen (secondary N) is 1. The van der Waals surface area contributed by atoms with Gasteiger partial charge in [0.05, 0.1) is 6.61 Å². The largest absolute Gasteiger partial charge is 0.381 e. The van der Waals surface area contributed by atoms with Crippen molar-refractivity contribution in [2.24, 2.45) is 5.73 Å². The Labute approximate surface area is 122 Å². The standard InChI is InChI=1S/C16H17FN2O2/c1-21-11-16(15(18)20,12-6-3-2-4-7-12)19-14-9-5-8-13(17)10-14/h2-10,19H,11H2,1H3,(H2,18,20). The number of rotatable bonds is 6. The van der Waals surface area contributed by atoms with Crippen molar-refractivity contribution in [1.29, 1.82) is 0 Å². The quantitative estimate of drug-likeness (QED) is 0.857. The molecule has 4 nitrogen and oxygen atoms in total. The molecular formula is C16H17FN2O2. The summed E-state index contributed by atoms with van der Waals surface area (Å²) in [6.45, 7) is 0.0306. The minimum Gasteiger partial charge on any atom is -0.381 e. The average molecular weight is 288 g/mol. The fraction of sp³-hybridized carbons (Fsp3) is 0.188. The highest BCUT2D eigenvalue weighted by Gasteiger charge is 2.38. The molecule has 2 aromatic rings. The van der Waals surface area contributed by atoms with Crippen molar-refractivity contribution in [3.63, 3.8) is 0 Å². The van der Waals surface area contributed by atoms with E-state index in [1.54, 1.807) is 36.4 Å². The number of nitrogens with two attached hydrogens (primary N) is 1. The van der Waals surface area contributed by atoms with Gasteiger partial charge in [-0.2, -0.15) is 0 Å². The minimum absolute atomic E-state index is 0.0306. The molecule has 21 heavy (non-hydrogen) atoms. The third kappa shape index (κ3) is 3.20. The van der Waals surface area contributed by atoms with Crippen LogP contribution in [0.25, 0.3) is 0 Å². The second kappa shape index (κ2) is 6.37. The fourth-order valence-corrected chi connectivity index (χ4v) is 2.22. The van der Waals surface area contributed by atoms with E-state index in [0.29, 0.717) is 11.3 Å². The summed E-state index contributed by atoms with van der Waals surface area (Å²) >= 11 is 0. The van der Waals surface area contributed by atoms with E-state index in [2.05, 4.69) is 5.32 Å². The van der Waals surface area contributed by atoms with Gasteiger partial charge in [-0.15, -0.1) is 0 Å². The first-order valence-electron chi connectivity index (χ1n) is 6.46. The second-order valence-corrected chi connectivity index (χ2v) is 4.70. The summed E-state index contributed by atoms with van der Waals surface area (Å²) in [5, 5.41) is 3.01. The number of halogens is 1. The molecule has 110 valence electrons. The zero-order chi connectivity index (χ0) is 15.3. The van der Waals surface area contributed by atoms with E-state index < -0.39 is 17.3 Å². The van der Waals surface area contributed by atoms with E-state index >= 15 is 0 Å². The van der Waals surface area contributed by atoms with Gasteiger partial charge < -0.3 is 15.8 Å². The van der Waals surface area contributed by atoms with Crippen LogP contribution >= 0.6 is 0 Å². The van der Waals surface area contributed by atoms with Gasteiger partial charge in [-0.25, -0.2) is 4.39 Å². The van der Waals surface area contributed by atoms with Crippen molar-refractivity contribution >= 4 is 11.6 Å². The first kappa shape index (κ1) is 15.0. The Morgan fingerprint density at radius 3 is 2.52 bits per heavy atom. The summed E-state index contributed by atoms with van der Waals surface area (Å²) in [7, 11) is 1.48. The Balaban J connectivity index is 2.47. The number of primary amides is 1. The van der Waals surface area contributed by atoms with Crippen LogP contribution in [0.5, 0.6) is 0 Å². The van der Waals surface area contributed by atoms with Crippen molar-refractivity contribution < 1.29 is 13.9 Å². The van der Waals surface area contributed by atoms with Crippen molar-refractivity contribution in [2.45, 2.75) is 5.54 Å². The van der Waals surface area contributed by atoms with Crippen LogP contribution in [0.15, 0.2) is 54.6 Å². The molecule has 0 aliphatic heterocycles. The molecule has 0 saturated heterocycles. The molecule has 0 aliphatic carbocycles. The van der Waals surface area contributed by atoms with Crippen LogP contribution in [0.1, 0.15) is 5.56 Å². The maximum absolute atomic E-state index is 13.3. The molecule has 0 aromatic heterocycles. The molecule has 1 atom stereocenters. The van der Waals surface area contributed by atoms with E-state index in [0.717, 1.165) is 0 Å². The van der Waals surface area contributed by atoms with E-state index in [4.69, 9.17) is 10.5 Å². The van der Waals surface area contributed by atoms with Gasteiger partial charge in [-0.1, -0.05) is 36.4 Å². The van der Waals surface area contributed by atoms with Gasteiger partial charge in [0.2, 0.25) is 5.91 Å². The van der Waals surface area contributed by atoms with E-state index in [-0.39, 0.29) is 6.61 Å². The number of methoxy groups -OCH3 is 1. The zero-order valence-corrected chi connectivity index (χ0v) is 11.7. The number of ether oxygens (including phenoxy) is 1. The van der Waals surface area contributed by atoms with Crippen LogP contribution in [0.2, 0.25) is 0 Å². The van der Waals surface area contributed by atoms with Crippen molar-refractivity contribution in [2.75, 3.05) is 19.0 Å². The van der Waals surface area contributed by atoms with Gasteiger partial charge in [0.1, 0.15) is 5.82 Å². The summed E-state index contributed by atoms with van der Waals surface area (Å²) in [6.07, 6.45) is 0. The third-order valence-corrected chi connectivity index (χ3v) is 3.23.